The van der Waals surface area contributed by atoms with Gasteiger partial charge in [-0.2, -0.15) is 0 Å². The average molecular weight is 373 g/mol. The zero-order valence-electron chi connectivity index (χ0n) is 16.3. The van der Waals surface area contributed by atoms with Crippen LogP contribution in [0.15, 0.2) is 29.1 Å². The predicted molar refractivity (Wildman–Crippen MR) is 101 cm³/mol. The first kappa shape index (κ1) is 19.3. The zero-order chi connectivity index (χ0) is 19.4. The van der Waals surface area contributed by atoms with Crippen molar-refractivity contribution in [2.45, 2.75) is 32.4 Å². The van der Waals surface area contributed by atoms with Gasteiger partial charge in [-0.25, -0.2) is 4.98 Å². The molecule has 1 amide bonds. The quantitative estimate of drug-likeness (QED) is 0.790. The number of hydrogen-bond acceptors (Lipinski definition) is 7. The second-order valence-corrected chi connectivity index (χ2v) is 7.05. The minimum atomic E-state index is -0.447. The molecular weight excluding hydrogens is 346 g/mol. The molecule has 0 bridgehead atoms. The standard InChI is InChI=1S/C19H27N5O3/c1-5-21-17(25)15-12-24(7-6-22-15)19(2,3)18-23-11-16(27-18)13-8-14(26-4)10-20-9-13/h8-11,15,22H,5-7,12H2,1-4H3,(H,21,25)/t15-/m0/s1. The topological polar surface area (TPSA) is 92.5 Å². The van der Waals surface area contributed by atoms with Crippen molar-refractivity contribution in [3.8, 4) is 17.1 Å². The molecule has 1 aliphatic rings. The number of rotatable bonds is 6. The molecule has 3 rings (SSSR count). The minimum absolute atomic E-state index is 0.0218. The first-order valence-electron chi connectivity index (χ1n) is 9.17. The smallest absolute Gasteiger partial charge is 0.238 e. The summed E-state index contributed by atoms with van der Waals surface area (Å²) in [5, 5.41) is 6.15. The molecule has 0 radical (unpaired) electrons. The van der Waals surface area contributed by atoms with E-state index < -0.39 is 5.54 Å². The van der Waals surface area contributed by atoms with Crippen molar-refractivity contribution in [1.82, 2.24) is 25.5 Å². The van der Waals surface area contributed by atoms with Crippen molar-refractivity contribution in [1.29, 1.82) is 0 Å². The van der Waals surface area contributed by atoms with Gasteiger partial charge < -0.3 is 19.8 Å². The molecule has 2 N–H and O–H groups in total. The van der Waals surface area contributed by atoms with Crippen LogP contribution in [0.2, 0.25) is 0 Å². The Bertz CT molecular complexity index is 789. The Morgan fingerprint density at radius 3 is 3.00 bits per heavy atom. The van der Waals surface area contributed by atoms with Crippen molar-refractivity contribution < 1.29 is 13.9 Å². The summed E-state index contributed by atoms with van der Waals surface area (Å²) in [7, 11) is 1.60. The summed E-state index contributed by atoms with van der Waals surface area (Å²) < 4.78 is 11.3. The molecule has 0 aromatic carbocycles. The Morgan fingerprint density at radius 2 is 2.26 bits per heavy atom. The van der Waals surface area contributed by atoms with Gasteiger partial charge in [-0.3, -0.25) is 14.7 Å². The number of nitrogens with one attached hydrogen (secondary N) is 2. The monoisotopic (exact) mass is 373 g/mol. The van der Waals surface area contributed by atoms with Crippen molar-refractivity contribution in [2.24, 2.45) is 0 Å². The highest BCUT2D eigenvalue weighted by Crippen LogP contribution is 2.31. The third kappa shape index (κ3) is 4.12. The van der Waals surface area contributed by atoms with Crippen LogP contribution in [0.5, 0.6) is 5.75 Å². The lowest BCUT2D eigenvalue weighted by Gasteiger charge is -2.41. The number of ether oxygens (including phenoxy) is 1. The van der Waals surface area contributed by atoms with Crippen LogP contribution in [0.25, 0.3) is 11.3 Å². The molecule has 1 saturated heterocycles. The van der Waals surface area contributed by atoms with Crippen molar-refractivity contribution >= 4 is 5.91 Å². The lowest BCUT2D eigenvalue weighted by molar-refractivity contribution is -0.124. The number of carbonyl (C=O) groups is 1. The number of methoxy groups -OCH3 is 1. The summed E-state index contributed by atoms with van der Waals surface area (Å²) in [4.78, 5) is 23.1. The lowest BCUT2D eigenvalue weighted by atomic mass is 10.00. The molecule has 8 heteroatoms. The van der Waals surface area contributed by atoms with Gasteiger partial charge in [-0.05, 0) is 26.8 Å². The highest BCUT2D eigenvalue weighted by Gasteiger charge is 2.38. The first-order chi connectivity index (χ1) is 13.0. The minimum Gasteiger partial charge on any atom is -0.495 e. The van der Waals surface area contributed by atoms with Crippen LogP contribution in [0.3, 0.4) is 0 Å². The molecule has 1 fully saturated rings. The summed E-state index contributed by atoms with van der Waals surface area (Å²) in [5.74, 6) is 1.93. The van der Waals surface area contributed by atoms with E-state index in [9.17, 15) is 4.79 Å². The number of likely N-dealkylation sites (N-methyl/N-ethyl adjacent to an activating group) is 1. The zero-order valence-corrected chi connectivity index (χ0v) is 16.3. The molecule has 1 aliphatic heterocycles. The Kier molecular flexibility index (Phi) is 5.76. The summed E-state index contributed by atoms with van der Waals surface area (Å²) in [6.45, 7) is 8.80. The normalized spacial score (nSPS) is 18.3. The fraction of sp³-hybridized carbons (Fsp3) is 0.526. The number of hydrogen-bond donors (Lipinski definition) is 2. The van der Waals surface area contributed by atoms with Crippen LogP contribution in [0, 0.1) is 0 Å². The van der Waals surface area contributed by atoms with E-state index in [2.05, 4.69) is 39.3 Å². The second kappa shape index (κ2) is 8.06. The van der Waals surface area contributed by atoms with E-state index in [-0.39, 0.29) is 11.9 Å². The van der Waals surface area contributed by atoms with Crippen LogP contribution in [0.1, 0.15) is 26.7 Å². The SMILES string of the molecule is CCNC(=O)[C@@H]1CN(C(C)(C)c2ncc(-c3cncc(OC)c3)o2)CCN1. The molecular formula is C19H27N5O3. The summed E-state index contributed by atoms with van der Waals surface area (Å²) in [6, 6.07) is 1.62. The number of nitrogens with zero attached hydrogens (tertiary/aromatic N) is 3. The Morgan fingerprint density at radius 1 is 1.44 bits per heavy atom. The van der Waals surface area contributed by atoms with E-state index in [0.717, 1.165) is 18.7 Å². The lowest BCUT2D eigenvalue weighted by Crippen LogP contribution is -2.60. The van der Waals surface area contributed by atoms with E-state index in [4.69, 9.17) is 9.15 Å². The van der Waals surface area contributed by atoms with E-state index in [1.807, 2.05) is 13.0 Å². The molecule has 27 heavy (non-hydrogen) atoms. The number of carbonyl (C=O) groups excluding carboxylic acids is 1. The van der Waals surface area contributed by atoms with E-state index in [1.165, 1.54) is 0 Å². The Balaban J connectivity index is 1.78. The molecule has 2 aromatic rings. The Labute approximate surface area is 159 Å². The fourth-order valence-corrected chi connectivity index (χ4v) is 3.22. The summed E-state index contributed by atoms with van der Waals surface area (Å²) in [6.07, 6.45) is 5.07. The number of amides is 1. The fourth-order valence-electron chi connectivity index (χ4n) is 3.22. The molecule has 0 aliphatic carbocycles. The molecule has 3 heterocycles. The third-order valence-corrected chi connectivity index (χ3v) is 4.90. The number of piperazine rings is 1. The number of aromatic nitrogens is 2. The molecule has 1 atom stereocenters. The van der Waals surface area contributed by atoms with Gasteiger partial charge in [-0.1, -0.05) is 0 Å². The van der Waals surface area contributed by atoms with E-state index in [1.54, 1.807) is 25.7 Å². The predicted octanol–water partition coefficient (Wildman–Crippen LogP) is 1.39. The molecule has 0 spiro atoms. The third-order valence-electron chi connectivity index (χ3n) is 4.90. The molecule has 146 valence electrons. The van der Waals surface area contributed by atoms with Crippen LogP contribution < -0.4 is 15.4 Å². The maximum Gasteiger partial charge on any atom is 0.238 e. The molecule has 2 aromatic heterocycles. The number of pyridine rings is 1. The van der Waals surface area contributed by atoms with Crippen LogP contribution in [0.4, 0.5) is 0 Å². The Hall–Kier alpha value is -2.45. The average Bonchev–Trinajstić information content (AvgIpc) is 3.19. The van der Waals surface area contributed by atoms with Gasteiger partial charge >= 0.3 is 0 Å². The van der Waals surface area contributed by atoms with Gasteiger partial charge in [0.25, 0.3) is 0 Å². The van der Waals surface area contributed by atoms with Crippen molar-refractivity contribution in [3.63, 3.8) is 0 Å². The van der Waals surface area contributed by atoms with Gasteiger partial charge in [0.2, 0.25) is 11.8 Å². The van der Waals surface area contributed by atoms with E-state index >= 15 is 0 Å². The van der Waals surface area contributed by atoms with E-state index in [0.29, 0.717) is 30.5 Å². The first-order valence-corrected chi connectivity index (χ1v) is 9.17. The number of oxazole rings is 1. The van der Waals surface area contributed by atoms with Crippen LogP contribution >= 0.6 is 0 Å². The van der Waals surface area contributed by atoms with Crippen LogP contribution in [-0.4, -0.2) is 60.1 Å². The summed E-state index contributed by atoms with van der Waals surface area (Å²) in [5.41, 5.74) is 0.363. The maximum absolute atomic E-state index is 12.2. The highest BCUT2D eigenvalue weighted by atomic mass is 16.5. The highest BCUT2D eigenvalue weighted by molar-refractivity contribution is 5.82. The second-order valence-electron chi connectivity index (χ2n) is 7.05. The van der Waals surface area contributed by atoms with Crippen molar-refractivity contribution in [3.05, 3.63) is 30.5 Å². The largest absolute Gasteiger partial charge is 0.495 e. The van der Waals surface area contributed by atoms with Crippen LogP contribution in [-0.2, 0) is 10.3 Å². The molecule has 8 nitrogen and oxygen atoms in total. The molecule has 0 saturated carbocycles. The summed E-state index contributed by atoms with van der Waals surface area (Å²) >= 11 is 0. The van der Waals surface area contributed by atoms with Crippen molar-refractivity contribution in [2.75, 3.05) is 33.3 Å². The van der Waals surface area contributed by atoms with Gasteiger partial charge in [0.05, 0.1) is 31.1 Å². The van der Waals surface area contributed by atoms with Gasteiger partial charge in [0.1, 0.15) is 5.75 Å². The maximum atomic E-state index is 12.2. The van der Waals surface area contributed by atoms with Gasteiger partial charge in [0.15, 0.2) is 5.76 Å². The molecule has 0 unspecified atom stereocenters. The van der Waals surface area contributed by atoms with Gasteiger partial charge in [-0.15, -0.1) is 0 Å². The van der Waals surface area contributed by atoms with Gasteiger partial charge in [0, 0.05) is 37.9 Å².